The topological polar surface area (TPSA) is 42.0 Å². The first-order valence-electron chi connectivity index (χ1n) is 6.68. The minimum absolute atomic E-state index is 0.0817. The summed E-state index contributed by atoms with van der Waals surface area (Å²) in [6, 6.07) is 9.51. The summed E-state index contributed by atoms with van der Waals surface area (Å²) in [6.45, 7) is 5.85. The van der Waals surface area contributed by atoms with Gasteiger partial charge in [-0.15, -0.1) is 11.6 Å². The normalized spacial score (nSPS) is 11.6. The zero-order valence-electron chi connectivity index (χ0n) is 12.0. The minimum atomic E-state index is -0.322. The van der Waals surface area contributed by atoms with Gasteiger partial charge in [0.2, 0.25) is 0 Å². The SMILES string of the molecule is Cc1cc(C(=O)NC(C)(C)CCCl)c2ccccc2n1. The van der Waals surface area contributed by atoms with E-state index >= 15 is 0 Å². The summed E-state index contributed by atoms with van der Waals surface area (Å²) in [5, 5.41) is 3.91. The number of pyridine rings is 1. The van der Waals surface area contributed by atoms with E-state index in [-0.39, 0.29) is 11.4 Å². The van der Waals surface area contributed by atoms with Crippen molar-refractivity contribution in [3.05, 3.63) is 41.6 Å². The second kappa shape index (κ2) is 5.80. The molecule has 0 saturated heterocycles. The molecule has 3 nitrogen and oxygen atoms in total. The molecule has 1 heterocycles. The smallest absolute Gasteiger partial charge is 0.252 e. The van der Waals surface area contributed by atoms with Crippen molar-refractivity contribution in [1.29, 1.82) is 0 Å². The Kier molecular flexibility index (Phi) is 4.29. The van der Waals surface area contributed by atoms with Gasteiger partial charge in [-0.3, -0.25) is 9.78 Å². The number of alkyl halides is 1. The van der Waals surface area contributed by atoms with Gasteiger partial charge >= 0.3 is 0 Å². The van der Waals surface area contributed by atoms with Crippen LogP contribution in [0, 0.1) is 6.92 Å². The minimum Gasteiger partial charge on any atom is -0.347 e. The molecule has 1 amide bonds. The molecule has 0 atom stereocenters. The summed E-state index contributed by atoms with van der Waals surface area (Å²) >= 11 is 5.77. The van der Waals surface area contributed by atoms with Crippen molar-refractivity contribution >= 4 is 28.4 Å². The highest BCUT2D eigenvalue weighted by Gasteiger charge is 2.21. The molecule has 1 N–H and O–H groups in total. The predicted molar refractivity (Wildman–Crippen MR) is 83.4 cm³/mol. The van der Waals surface area contributed by atoms with Crippen LogP contribution in [0.15, 0.2) is 30.3 Å². The van der Waals surface area contributed by atoms with Gasteiger partial charge < -0.3 is 5.32 Å². The zero-order valence-corrected chi connectivity index (χ0v) is 12.8. The first-order chi connectivity index (χ1) is 9.43. The lowest BCUT2D eigenvalue weighted by molar-refractivity contribution is 0.0913. The molecule has 0 radical (unpaired) electrons. The number of nitrogens with zero attached hydrogens (tertiary/aromatic N) is 1. The lowest BCUT2D eigenvalue weighted by Gasteiger charge is -2.25. The molecule has 0 aliphatic rings. The van der Waals surface area contributed by atoms with Gasteiger partial charge in [0, 0.05) is 22.5 Å². The summed E-state index contributed by atoms with van der Waals surface area (Å²) in [4.78, 5) is 17.0. The van der Waals surface area contributed by atoms with Crippen LogP contribution in [0.3, 0.4) is 0 Å². The molecule has 0 aliphatic heterocycles. The average Bonchev–Trinajstić information content (AvgIpc) is 2.36. The number of para-hydroxylation sites is 1. The predicted octanol–water partition coefficient (Wildman–Crippen LogP) is 3.68. The molecule has 1 aromatic heterocycles. The molecule has 2 rings (SSSR count). The van der Waals surface area contributed by atoms with Crippen LogP contribution < -0.4 is 5.32 Å². The van der Waals surface area contributed by atoms with E-state index in [0.29, 0.717) is 11.4 Å². The van der Waals surface area contributed by atoms with Gasteiger partial charge in [0.05, 0.1) is 11.1 Å². The molecule has 0 unspecified atom stereocenters. The second-order valence-electron chi connectivity index (χ2n) is 5.61. The van der Waals surface area contributed by atoms with Crippen LogP contribution in [0.2, 0.25) is 0 Å². The number of aryl methyl sites for hydroxylation is 1. The van der Waals surface area contributed by atoms with Crippen LogP contribution in [0.5, 0.6) is 0 Å². The molecule has 0 fully saturated rings. The molecule has 1 aromatic carbocycles. The van der Waals surface area contributed by atoms with Gasteiger partial charge in [-0.2, -0.15) is 0 Å². The number of hydrogen-bond acceptors (Lipinski definition) is 2. The number of carbonyl (C=O) groups is 1. The Hall–Kier alpha value is -1.61. The fourth-order valence-corrected chi connectivity index (χ4v) is 2.64. The Labute approximate surface area is 124 Å². The van der Waals surface area contributed by atoms with E-state index in [1.54, 1.807) is 0 Å². The average molecular weight is 291 g/mol. The third-order valence-electron chi connectivity index (χ3n) is 3.26. The quantitative estimate of drug-likeness (QED) is 0.873. The molecule has 0 aliphatic carbocycles. The standard InChI is InChI=1S/C16H19ClN2O/c1-11-10-13(12-6-4-5-7-14(12)18-11)15(20)19-16(2,3)8-9-17/h4-7,10H,8-9H2,1-3H3,(H,19,20). The Morgan fingerprint density at radius 2 is 2.05 bits per heavy atom. The van der Waals surface area contributed by atoms with Crippen molar-refractivity contribution in [2.45, 2.75) is 32.7 Å². The Morgan fingerprint density at radius 1 is 1.35 bits per heavy atom. The molecule has 2 aromatic rings. The molecular formula is C16H19ClN2O. The van der Waals surface area contributed by atoms with E-state index in [0.717, 1.165) is 23.0 Å². The van der Waals surface area contributed by atoms with Crippen molar-refractivity contribution in [2.24, 2.45) is 0 Å². The van der Waals surface area contributed by atoms with Gasteiger partial charge in [-0.25, -0.2) is 0 Å². The maximum absolute atomic E-state index is 12.5. The number of fused-ring (bicyclic) bond motifs is 1. The van der Waals surface area contributed by atoms with Crippen LogP contribution in [0.4, 0.5) is 0 Å². The van der Waals surface area contributed by atoms with Crippen molar-refractivity contribution in [2.75, 3.05) is 5.88 Å². The monoisotopic (exact) mass is 290 g/mol. The van der Waals surface area contributed by atoms with Crippen LogP contribution in [-0.2, 0) is 0 Å². The van der Waals surface area contributed by atoms with Gasteiger partial charge in [0.25, 0.3) is 5.91 Å². The van der Waals surface area contributed by atoms with Crippen LogP contribution in [0.1, 0.15) is 36.3 Å². The van der Waals surface area contributed by atoms with E-state index in [4.69, 9.17) is 11.6 Å². The number of amides is 1. The summed E-state index contributed by atoms with van der Waals surface area (Å²) in [5.41, 5.74) is 2.02. The van der Waals surface area contributed by atoms with Crippen molar-refractivity contribution < 1.29 is 4.79 Å². The number of halogens is 1. The molecule has 0 bridgehead atoms. The number of nitrogens with one attached hydrogen (secondary N) is 1. The van der Waals surface area contributed by atoms with Crippen LogP contribution >= 0.6 is 11.6 Å². The van der Waals surface area contributed by atoms with Gasteiger partial charge in [-0.05, 0) is 39.3 Å². The summed E-state index contributed by atoms with van der Waals surface area (Å²) in [7, 11) is 0. The third kappa shape index (κ3) is 3.28. The molecule has 0 spiro atoms. The number of benzene rings is 1. The summed E-state index contributed by atoms with van der Waals surface area (Å²) in [6.07, 6.45) is 0.724. The van der Waals surface area contributed by atoms with Gasteiger partial charge in [-0.1, -0.05) is 18.2 Å². The number of rotatable bonds is 4. The van der Waals surface area contributed by atoms with Crippen molar-refractivity contribution in [1.82, 2.24) is 10.3 Å². The van der Waals surface area contributed by atoms with E-state index in [2.05, 4.69) is 10.3 Å². The molecule has 0 saturated carbocycles. The lowest BCUT2D eigenvalue weighted by atomic mass is 10.00. The zero-order chi connectivity index (χ0) is 14.8. The highest BCUT2D eigenvalue weighted by Crippen LogP contribution is 2.19. The second-order valence-corrected chi connectivity index (χ2v) is 5.98. The van der Waals surface area contributed by atoms with Gasteiger partial charge in [0.15, 0.2) is 0 Å². The lowest BCUT2D eigenvalue weighted by Crippen LogP contribution is -2.43. The molecule has 20 heavy (non-hydrogen) atoms. The maximum Gasteiger partial charge on any atom is 0.252 e. The number of aromatic nitrogens is 1. The largest absolute Gasteiger partial charge is 0.347 e. The van der Waals surface area contributed by atoms with E-state index < -0.39 is 0 Å². The molecule has 4 heteroatoms. The Balaban J connectivity index is 2.39. The summed E-state index contributed by atoms with van der Waals surface area (Å²) in [5.74, 6) is 0.436. The molecular weight excluding hydrogens is 272 g/mol. The highest BCUT2D eigenvalue weighted by atomic mass is 35.5. The summed E-state index contributed by atoms with van der Waals surface area (Å²) < 4.78 is 0. The first kappa shape index (κ1) is 14.8. The maximum atomic E-state index is 12.5. The van der Waals surface area contributed by atoms with E-state index in [9.17, 15) is 4.79 Å². The highest BCUT2D eigenvalue weighted by molar-refractivity contribution is 6.17. The van der Waals surface area contributed by atoms with Crippen LogP contribution in [0.25, 0.3) is 10.9 Å². The third-order valence-corrected chi connectivity index (χ3v) is 3.45. The van der Waals surface area contributed by atoms with Crippen LogP contribution in [-0.4, -0.2) is 22.3 Å². The first-order valence-corrected chi connectivity index (χ1v) is 7.21. The molecule has 106 valence electrons. The van der Waals surface area contributed by atoms with E-state index in [1.807, 2.05) is 51.1 Å². The Morgan fingerprint density at radius 3 is 2.75 bits per heavy atom. The fraction of sp³-hybridized carbons (Fsp3) is 0.375. The van der Waals surface area contributed by atoms with Crippen molar-refractivity contribution in [3.63, 3.8) is 0 Å². The Bertz CT molecular complexity index is 637. The van der Waals surface area contributed by atoms with E-state index in [1.165, 1.54) is 0 Å². The van der Waals surface area contributed by atoms with Crippen molar-refractivity contribution in [3.8, 4) is 0 Å². The van der Waals surface area contributed by atoms with Gasteiger partial charge in [0.1, 0.15) is 0 Å². The fourth-order valence-electron chi connectivity index (χ4n) is 2.17. The number of hydrogen-bond donors (Lipinski definition) is 1. The number of carbonyl (C=O) groups excluding carboxylic acids is 1.